The number of halogens is 1. The van der Waals surface area contributed by atoms with Crippen molar-refractivity contribution in [2.45, 2.75) is 12.5 Å². The number of carbonyl (C=O) groups is 1. The summed E-state index contributed by atoms with van der Waals surface area (Å²) in [5.41, 5.74) is 0.701. The van der Waals surface area contributed by atoms with E-state index in [9.17, 15) is 9.35 Å². The standard InChI is InChI=1S/C9H16BrNO3S/c1-7(6-10)11-8(9(12)14-2)4-5-15(3)13/h8,11H,1,4-6H2,2-3H3. The second kappa shape index (κ2) is 8.01. The normalized spacial score (nSPS) is 14.1. The molecule has 0 bridgehead atoms. The lowest BCUT2D eigenvalue weighted by atomic mass is 10.2. The van der Waals surface area contributed by atoms with E-state index >= 15 is 0 Å². The fraction of sp³-hybridized carbons (Fsp3) is 0.667. The second-order valence-corrected chi connectivity index (χ2v) is 5.14. The van der Waals surface area contributed by atoms with Gasteiger partial charge in [-0.25, -0.2) is 4.79 Å². The van der Waals surface area contributed by atoms with E-state index in [0.29, 0.717) is 23.2 Å². The third kappa shape index (κ3) is 6.81. The molecular formula is C9H16BrNO3S. The zero-order valence-corrected chi connectivity index (χ0v) is 11.3. The van der Waals surface area contributed by atoms with Gasteiger partial charge in [-0.15, -0.1) is 0 Å². The van der Waals surface area contributed by atoms with Gasteiger partial charge in [-0.05, 0) is 0 Å². The number of hydrogen-bond acceptors (Lipinski definition) is 4. The van der Waals surface area contributed by atoms with E-state index in [0.717, 1.165) is 0 Å². The summed E-state index contributed by atoms with van der Waals surface area (Å²) in [6.45, 7) is 3.72. The molecule has 0 rings (SSSR count). The molecule has 2 atom stereocenters. The highest BCUT2D eigenvalue weighted by molar-refractivity contribution is 9.09. The number of nitrogens with one attached hydrogen (secondary N) is 1. The van der Waals surface area contributed by atoms with Crippen molar-refractivity contribution in [1.29, 1.82) is 0 Å². The highest BCUT2D eigenvalue weighted by Gasteiger charge is 2.20. The highest BCUT2D eigenvalue weighted by Crippen LogP contribution is 2.02. The van der Waals surface area contributed by atoms with Gasteiger partial charge in [0.05, 0.1) is 13.4 Å². The van der Waals surface area contributed by atoms with Crippen LogP contribution < -0.4 is 5.32 Å². The van der Waals surface area contributed by atoms with Gasteiger partial charge in [0, 0.05) is 17.4 Å². The van der Waals surface area contributed by atoms with Crippen LogP contribution in [0.15, 0.2) is 12.3 Å². The molecule has 0 spiro atoms. The van der Waals surface area contributed by atoms with Crippen molar-refractivity contribution in [3.63, 3.8) is 0 Å². The minimum absolute atomic E-state index is 0.359. The molecule has 0 aliphatic carbocycles. The first-order chi connectivity index (χ1) is 7.01. The summed E-state index contributed by atoms with van der Waals surface area (Å²) < 4.78 is 15.5. The van der Waals surface area contributed by atoms with Crippen LogP contribution >= 0.6 is 15.9 Å². The predicted octanol–water partition coefficient (Wildman–Crippen LogP) is 0.795. The Morgan fingerprint density at radius 1 is 1.73 bits per heavy atom. The summed E-state index contributed by atoms with van der Waals surface area (Å²) in [5, 5.41) is 3.49. The number of hydrogen-bond donors (Lipinski definition) is 1. The quantitative estimate of drug-likeness (QED) is 0.429. The maximum atomic E-state index is 11.3. The molecule has 0 aliphatic heterocycles. The van der Waals surface area contributed by atoms with Crippen molar-refractivity contribution >= 4 is 33.1 Å². The third-order valence-electron chi connectivity index (χ3n) is 1.72. The molecule has 0 saturated carbocycles. The van der Waals surface area contributed by atoms with Crippen molar-refractivity contribution in [3.05, 3.63) is 12.3 Å². The lowest BCUT2D eigenvalue weighted by Gasteiger charge is -2.18. The second-order valence-electron chi connectivity index (χ2n) is 3.02. The van der Waals surface area contributed by atoms with Gasteiger partial charge in [0.25, 0.3) is 0 Å². The Balaban J connectivity index is 4.18. The van der Waals surface area contributed by atoms with Crippen LogP contribution in [0.5, 0.6) is 0 Å². The highest BCUT2D eigenvalue weighted by atomic mass is 79.9. The Morgan fingerprint density at radius 2 is 2.33 bits per heavy atom. The van der Waals surface area contributed by atoms with Crippen LogP contribution in [0.3, 0.4) is 0 Å². The lowest BCUT2D eigenvalue weighted by Crippen LogP contribution is -2.38. The molecule has 0 fully saturated rings. The maximum absolute atomic E-state index is 11.3. The van der Waals surface area contributed by atoms with Crippen LogP contribution in [-0.2, 0) is 20.7 Å². The van der Waals surface area contributed by atoms with E-state index in [1.165, 1.54) is 7.11 Å². The fourth-order valence-corrected chi connectivity index (χ4v) is 1.69. The van der Waals surface area contributed by atoms with Crippen molar-refractivity contribution in [2.75, 3.05) is 24.4 Å². The van der Waals surface area contributed by atoms with E-state index in [4.69, 9.17) is 0 Å². The molecule has 0 amide bonds. The number of methoxy groups -OCH3 is 1. The van der Waals surface area contributed by atoms with Crippen molar-refractivity contribution in [2.24, 2.45) is 0 Å². The molecule has 0 saturated heterocycles. The van der Waals surface area contributed by atoms with Gasteiger partial charge in [-0.2, -0.15) is 0 Å². The molecule has 0 aromatic heterocycles. The summed E-state index contributed by atoms with van der Waals surface area (Å²) in [6.07, 6.45) is 2.08. The largest absolute Gasteiger partial charge is 0.617 e. The summed E-state index contributed by atoms with van der Waals surface area (Å²) in [4.78, 5) is 11.3. The smallest absolute Gasteiger partial charge is 0.328 e. The monoisotopic (exact) mass is 297 g/mol. The van der Waals surface area contributed by atoms with Gasteiger partial charge in [0.2, 0.25) is 0 Å². The Labute approximate surface area is 102 Å². The molecule has 0 heterocycles. The van der Waals surface area contributed by atoms with Crippen LogP contribution in [-0.4, -0.2) is 41.0 Å². The number of carbonyl (C=O) groups excluding carboxylic acids is 1. The molecule has 0 radical (unpaired) electrons. The van der Waals surface area contributed by atoms with Crippen LogP contribution in [0.4, 0.5) is 0 Å². The SMILES string of the molecule is C=C(CBr)NC(CC[S+](C)[O-])C(=O)OC. The van der Waals surface area contributed by atoms with E-state index in [1.54, 1.807) is 6.26 Å². The summed E-state index contributed by atoms with van der Waals surface area (Å²) in [5.74, 6) is 0.102. The third-order valence-corrected chi connectivity index (χ3v) is 3.21. The average molecular weight is 298 g/mol. The molecule has 0 aromatic carbocycles. The van der Waals surface area contributed by atoms with E-state index < -0.39 is 17.2 Å². The molecule has 1 N–H and O–H groups in total. The Kier molecular flexibility index (Phi) is 7.90. The number of esters is 1. The Morgan fingerprint density at radius 3 is 2.73 bits per heavy atom. The first kappa shape index (κ1) is 14.8. The van der Waals surface area contributed by atoms with Gasteiger partial charge < -0.3 is 14.6 Å². The number of allylic oxidation sites excluding steroid dienone is 1. The minimum Gasteiger partial charge on any atom is -0.617 e. The van der Waals surface area contributed by atoms with Crippen molar-refractivity contribution in [1.82, 2.24) is 5.32 Å². The van der Waals surface area contributed by atoms with Crippen LogP contribution in [0.25, 0.3) is 0 Å². The first-order valence-corrected chi connectivity index (χ1v) is 7.24. The molecule has 0 aromatic rings. The van der Waals surface area contributed by atoms with Gasteiger partial charge >= 0.3 is 5.97 Å². The van der Waals surface area contributed by atoms with Crippen molar-refractivity contribution in [3.8, 4) is 0 Å². The Hall–Kier alpha value is -0.200. The summed E-state index contributed by atoms with van der Waals surface area (Å²) in [6, 6.07) is -0.469. The fourth-order valence-electron chi connectivity index (χ4n) is 0.960. The van der Waals surface area contributed by atoms with E-state index in [1.807, 2.05) is 0 Å². The average Bonchev–Trinajstić information content (AvgIpc) is 2.22. The molecule has 6 heteroatoms. The molecule has 4 nitrogen and oxygen atoms in total. The predicted molar refractivity (Wildman–Crippen MR) is 65.4 cm³/mol. The molecular weight excluding hydrogens is 282 g/mol. The minimum atomic E-state index is -0.911. The molecule has 88 valence electrons. The molecule has 15 heavy (non-hydrogen) atoms. The van der Waals surface area contributed by atoms with Crippen LogP contribution in [0, 0.1) is 0 Å². The maximum Gasteiger partial charge on any atom is 0.328 e. The van der Waals surface area contributed by atoms with Crippen LogP contribution in [0.1, 0.15) is 6.42 Å². The first-order valence-electron chi connectivity index (χ1n) is 4.39. The number of alkyl halides is 1. The lowest BCUT2D eigenvalue weighted by molar-refractivity contribution is -0.142. The van der Waals surface area contributed by atoms with Gasteiger partial charge in [0.15, 0.2) is 0 Å². The molecule has 2 unspecified atom stereocenters. The van der Waals surface area contributed by atoms with E-state index in [-0.39, 0.29) is 5.97 Å². The van der Waals surface area contributed by atoms with Gasteiger partial charge in [-0.1, -0.05) is 33.7 Å². The zero-order chi connectivity index (χ0) is 11.8. The number of rotatable bonds is 7. The zero-order valence-electron chi connectivity index (χ0n) is 8.92. The van der Waals surface area contributed by atoms with Gasteiger partial charge in [0.1, 0.15) is 11.8 Å². The Bertz CT molecular complexity index is 223. The van der Waals surface area contributed by atoms with Crippen molar-refractivity contribution < 1.29 is 14.1 Å². The summed E-state index contributed by atoms with van der Waals surface area (Å²) >= 11 is 2.31. The van der Waals surface area contributed by atoms with Crippen LogP contribution in [0.2, 0.25) is 0 Å². The van der Waals surface area contributed by atoms with Gasteiger partial charge in [-0.3, -0.25) is 0 Å². The summed E-state index contributed by atoms with van der Waals surface area (Å²) in [7, 11) is 1.33. The van der Waals surface area contributed by atoms with E-state index in [2.05, 4.69) is 32.6 Å². The molecule has 0 aliphatic rings. The topological polar surface area (TPSA) is 61.4 Å². The number of ether oxygens (including phenoxy) is 1.